The molecule has 0 unspecified atom stereocenters. The summed E-state index contributed by atoms with van der Waals surface area (Å²) in [5.41, 5.74) is 2.09. The third-order valence-corrected chi connectivity index (χ3v) is 8.69. The number of hydrogen-bond donors (Lipinski definition) is 1. The molecule has 2 saturated heterocycles. The molecule has 2 aliphatic rings. The van der Waals surface area contributed by atoms with Gasteiger partial charge in [-0.2, -0.15) is 0 Å². The number of hydrogen-bond acceptors (Lipinski definition) is 6. The second-order valence-corrected chi connectivity index (χ2v) is 11.8. The minimum atomic E-state index is -3.65. The maximum absolute atomic E-state index is 13.3. The lowest BCUT2D eigenvalue weighted by atomic mass is 10.1. The molecule has 2 aliphatic heterocycles. The van der Waals surface area contributed by atoms with Crippen molar-refractivity contribution in [2.24, 2.45) is 0 Å². The molecule has 0 bridgehead atoms. The number of piperidine rings is 1. The summed E-state index contributed by atoms with van der Waals surface area (Å²) in [6, 6.07) is 8.91. The van der Waals surface area contributed by atoms with Crippen LogP contribution in [0.3, 0.4) is 0 Å². The molecule has 1 amide bonds. The number of anilines is 2. The molecule has 3 heterocycles. The largest absolute Gasteiger partial charge is 0.371 e. The Kier molecular flexibility index (Phi) is 8.28. The fourth-order valence-electron chi connectivity index (χ4n) is 4.76. The standard InChI is InChI=1S/C26H37N5O3S/c1-29(2)35(33,34)22-11-12-24(30-14-8-5-9-15-30)23(18-22)26(32)28-20-21-10-13-25(27-19-21)31-16-6-3-4-7-17-31/h10-13,18-19H,3-9,14-17,20H2,1-2H3,(H,28,32). The quantitative estimate of drug-likeness (QED) is 0.626. The Morgan fingerprint density at radius 3 is 2.14 bits per heavy atom. The summed E-state index contributed by atoms with van der Waals surface area (Å²) in [5.74, 6) is 0.703. The zero-order chi connectivity index (χ0) is 24.8. The molecule has 2 fully saturated rings. The molecule has 1 N–H and O–H groups in total. The molecule has 0 saturated carbocycles. The van der Waals surface area contributed by atoms with E-state index in [1.807, 2.05) is 18.3 Å². The van der Waals surface area contributed by atoms with Gasteiger partial charge in [-0.1, -0.05) is 18.9 Å². The van der Waals surface area contributed by atoms with Crippen LogP contribution >= 0.6 is 0 Å². The minimum absolute atomic E-state index is 0.122. The molecule has 1 aromatic carbocycles. The molecule has 9 heteroatoms. The number of pyridine rings is 1. The van der Waals surface area contributed by atoms with Crippen molar-refractivity contribution in [3.63, 3.8) is 0 Å². The van der Waals surface area contributed by atoms with Gasteiger partial charge in [-0.05, 0) is 61.9 Å². The van der Waals surface area contributed by atoms with Crippen LogP contribution in [-0.4, -0.2) is 63.9 Å². The van der Waals surface area contributed by atoms with E-state index in [0.717, 1.165) is 56.1 Å². The van der Waals surface area contributed by atoms with Gasteiger partial charge in [0.25, 0.3) is 5.91 Å². The average molecular weight is 500 g/mol. The summed E-state index contributed by atoms with van der Waals surface area (Å²) in [6.07, 6.45) is 10.1. The first-order valence-electron chi connectivity index (χ1n) is 12.7. The van der Waals surface area contributed by atoms with E-state index in [9.17, 15) is 13.2 Å². The highest BCUT2D eigenvalue weighted by atomic mass is 32.2. The Balaban J connectivity index is 1.51. The first kappa shape index (κ1) is 25.4. The van der Waals surface area contributed by atoms with Gasteiger partial charge in [0.15, 0.2) is 0 Å². The van der Waals surface area contributed by atoms with Crippen molar-refractivity contribution in [3.05, 3.63) is 47.7 Å². The summed E-state index contributed by atoms with van der Waals surface area (Å²) in [7, 11) is -0.654. The smallest absolute Gasteiger partial charge is 0.253 e. The van der Waals surface area contributed by atoms with Crippen LogP contribution < -0.4 is 15.1 Å². The van der Waals surface area contributed by atoms with Gasteiger partial charge in [0.1, 0.15) is 5.82 Å². The van der Waals surface area contributed by atoms with E-state index in [0.29, 0.717) is 12.1 Å². The third-order valence-electron chi connectivity index (χ3n) is 6.88. The van der Waals surface area contributed by atoms with E-state index in [1.54, 1.807) is 12.1 Å². The first-order chi connectivity index (χ1) is 16.9. The molecular weight excluding hydrogens is 462 g/mol. The molecule has 1 aromatic heterocycles. The number of nitrogens with one attached hydrogen (secondary N) is 1. The molecule has 0 aliphatic carbocycles. The van der Waals surface area contributed by atoms with Crippen molar-refractivity contribution in [1.82, 2.24) is 14.6 Å². The number of aromatic nitrogens is 1. The summed E-state index contributed by atoms with van der Waals surface area (Å²) in [4.78, 5) is 22.6. The van der Waals surface area contributed by atoms with Gasteiger partial charge in [0.2, 0.25) is 10.0 Å². The van der Waals surface area contributed by atoms with Crippen LogP contribution in [0.4, 0.5) is 11.5 Å². The molecule has 0 atom stereocenters. The normalized spacial score (nSPS) is 17.3. The topological polar surface area (TPSA) is 85.8 Å². The number of rotatable bonds is 7. The second kappa shape index (κ2) is 11.4. The van der Waals surface area contributed by atoms with E-state index < -0.39 is 10.0 Å². The number of amides is 1. The Bertz CT molecular complexity index is 1100. The van der Waals surface area contributed by atoms with Crippen LogP contribution in [0.1, 0.15) is 60.9 Å². The fraction of sp³-hybridized carbons (Fsp3) is 0.538. The first-order valence-corrected chi connectivity index (χ1v) is 14.1. The SMILES string of the molecule is CN(C)S(=O)(=O)c1ccc(N2CCCCC2)c(C(=O)NCc2ccc(N3CCCCCC3)nc2)c1. The van der Waals surface area contributed by atoms with E-state index in [2.05, 4.69) is 20.1 Å². The Morgan fingerprint density at radius 1 is 0.914 bits per heavy atom. The Hall–Kier alpha value is -2.65. The van der Waals surface area contributed by atoms with Crippen molar-refractivity contribution in [2.45, 2.75) is 56.4 Å². The van der Waals surface area contributed by atoms with Crippen molar-refractivity contribution >= 4 is 27.4 Å². The number of carbonyl (C=O) groups is 1. The predicted octanol–water partition coefficient (Wildman–Crippen LogP) is 3.63. The third kappa shape index (κ3) is 6.13. The molecule has 35 heavy (non-hydrogen) atoms. The predicted molar refractivity (Wildman–Crippen MR) is 139 cm³/mol. The maximum Gasteiger partial charge on any atom is 0.253 e. The van der Waals surface area contributed by atoms with Crippen molar-refractivity contribution < 1.29 is 13.2 Å². The summed E-state index contributed by atoms with van der Waals surface area (Å²) >= 11 is 0. The highest BCUT2D eigenvalue weighted by Crippen LogP contribution is 2.28. The lowest BCUT2D eigenvalue weighted by Crippen LogP contribution is -2.33. The van der Waals surface area contributed by atoms with Gasteiger partial charge < -0.3 is 15.1 Å². The van der Waals surface area contributed by atoms with Gasteiger partial charge in [0.05, 0.1) is 10.5 Å². The summed E-state index contributed by atoms with van der Waals surface area (Å²) in [5, 5.41) is 2.98. The highest BCUT2D eigenvalue weighted by Gasteiger charge is 2.24. The summed E-state index contributed by atoms with van der Waals surface area (Å²) < 4.78 is 26.6. The molecule has 0 spiro atoms. The van der Waals surface area contributed by atoms with Gasteiger partial charge in [0, 0.05) is 58.7 Å². The molecular formula is C26H37N5O3S. The average Bonchev–Trinajstić information content (AvgIpc) is 3.17. The monoisotopic (exact) mass is 499 g/mol. The van der Waals surface area contributed by atoms with Crippen LogP contribution in [0.25, 0.3) is 0 Å². The van der Waals surface area contributed by atoms with Crippen molar-refractivity contribution in [2.75, 3.05) is 50.1 Å². The fourth-order valence-corrected chi connectivity index (χ4v) is 5.69. The van der Waals surface area contributed by atoms with Gasteiger partial charge >= 0.3 is 0 Å². The van der Waals surface area contributed by atoms with Crippen LogP contribution in [0.5, 0.6) is 0 Å². The number of carbonyl (C=O) groups excluding carboxylic acids is 1. The van der Waals surface area contributed by atoms with E-state index in [4.69, 9.17) is 0 Å². The molecule has 2 aromatic rings. The van der Waals surface area contributed by atoms with Crippen LogP contribution in [0.15, 0.2) is 41.4 Å². The zero-order valence-corrected chi connectivity index (χ0v) is 21.7. The van der Waals surface area contributed by atoms with E-state index in [1.165, 1.54) is 56.6 Å². The lowest BCUT2D eigenvalue weighted by Gasteiger charge is -2.30. The number of sulfonamides is 1. The van der Waals surface area contributed by atoms with E-state index in [-0.39, 0.29) is 10.8 Å². The Labute approximate surface area is 209 Å². The number of nitrogens with zero attached hydrogens (tertiary/aromatic N) is 4. The lowest BCUT2D eigenvalue weighted by molar-refractivity contribution is 0.0951. The minimum Gasteiger partial charge on any atom is -0.371 e. The van der Waals surface area contributed by atoms with Crippen molar-refractivity contribution in [1.29, 1.82) is 0 Å². The summed E-state index contributed by atoms with van der Waals surface area (Å²) in [6.45, 7) is 4.13. The molecule has 4 rings (SSSR count). The molecule has 8 nitrogen and oxygen atoms in total. The molecule has 190 valence electrons. The van der Waals surface area contributed by atoms with Crippen LogP contribution in [0.2, 0.25) is 0 Å². The molecule has 0 radical (unpaired) electrons. The van der Waals surface area contributed by atoms with Gasteiger partial charge in [-0.15, -0.1) is 0 Å². The maximum atomic E-state index is 13.3. The number of benzene rings is 1. The van der Waals surface area contributed by atoms with Gasteiger partial charge in [-0.25, -0.2) is 17.7 Å². The second-order valence-electron chi connectivity index (χ2n) is 9.62. The Morgan fingerprint density at radius 2 is 1.54 bits per heavy atom. The van der Waals surface area contributed by atoms with E-state index >= 15 is 0 Å². The van der Waals surface area contributed by atoms with Crippen LogP contribution in [0, 0.1) is 0 Å². The highest BCUT2D eigenvalue weighted by molar-refractivity contribution is 7.89. The van der Waals surface area contributed by atoms with Crippen molar-refractivity contribution in [3.8, 4) is 0 Å². The zero-order valence-electron chi connectivity index (χ0n) is 20.9. The van der Waals surface area contributed by atoms with Gasteiger partial charge in [-0.3, -0.25) is 4.79 Å². The van der Waals surface area contributed by atoms with Crippen LogP contribution in [-0.2, 0) is 16.6 Å².